The van der Waals surface area contributed by atoms with Gasteiger partial charge >= 0.3 is 5.97 Å². The maximum Gasteiger partial charge on any atom is 0.309 e. The van der Waals surface area contributed by atoms with E-state index in [9.17, 15) is 9.59 Å². The average Bonchev–Trinajstić information content (AvgIpc) is 2.54. The van der Waals surface area contributed by atoms with Crippen LogP contribution in [0.3, 0.4) is 0 Å². The number of amides is 1. The van der Waals surface area contributed by atoms with Crippen LogP contribution in [0.15, 0.2) is 24.3 Å². The molecule has 0 aromatic heterocycles. The SMILES string of the molecule is CCOC(=O)C1CCN(C(=O)c2cccc(C#N)c2)CC1. The number of ether oxygens (including phenoxy) is 1. The van der Waals surface area contributed by atoms with Crippen molar-refractivity contribution in [2.24, 2.45) is 5.92 Å². The average molecular weight is 286 g/mol. The zero-order valence-electron chi connectivity index (χ0n) is 12.0. The largest absolute Gasteiger partial charge is 0.466 e. The number of nitrogens with zero attached hydrogens (tertiary/aromatic N) is 2. The molecule has 1 aliphatic rings. The zero-order valence-corrected chi connectivity index (χ0v) is 12.0. The molecule has 0 radical (unpaired) electrons. The van der Waals surface area contributed by atoms with Crippen LogP contribution in [0.4, 0.5) is 0 Å². The first-order valence-electron chi connectivity index (χ1n) is 7.11. The predicted octanol–water partition coefficient (Wildman–Crippen LogP) is 1.97. The number of hydrogen-bond donors (Lipinski definition) is 0. The fraction of sp³-hybridized carbons (Fsp3) is 0.438. The third-order valence-electron chi connectivity index (χ3n) is 3.64. The normalized spacial score (nSPS) is 15.3. The van der Waals surface area contributed by atoms with Crippen molar-refractivity contribution in [1.82, 2.24) is 4.90 Å². The summed E-state index contributed by atoms with van der Waals surface area (Å²) in [6.45, 7) is 3.26. The van der Waals surface area contributed by atoms with E-state index in [4.69, 9.17) is 10.00 Å². The van der Waals surface area contributed by atoms with Gasteiger partial charge in [0.2, 0.25) is 0 Å². The molecule has 110 valence electrons. The second kappa shape index (κ2) is 6.89. The van der Waals surface area contributed by atoms with Crippen molar-refractivity contribution in [3.8, 4) is 6.07 Å². The maximum absolute atomic E-state index is 12.4. The molecule has 5 nitrogen and oxygen atoms in total. The van der Waals surface area contributed by atoms with Gasteiger partial charge in [0.25, 0.3) is 5.91 Å². The van der Waals surface area contributed by atoms with Gasteiger partial charge in [-0.3, -0.25) is 9.59 Å². The molecule has 0 spiro atoms. The Labute approximate surface area is 124 Å². The molecule has 0 saturated carbocycles. The number of rotatable bonds is 3. The van der Waals surface area contributed by atoms with Crippen molar-refractivity contribution >= 4 is 11.9 Å². The summed E-state index contributed by atoms with van der Waals surface area (Å²) in [4.78, 5) is 25.8. The van der Waals surface area contributed by atoms with Gasteiger partial charge in [-0.05, 0) is 38.0 Å². The summed E-state index contributed by atoms with van der Waals surface area (Å²) in [7, 11) is 0. The van der Waals surface area contributed by atoms with E-state index >= 15 is 0 Å². The number of likely N-dealkylation sites (tertiary alicyclic amines) is 1. The Balaban J connectivity index is 1.97. The van der Waals surface area contributed by atoms with Gasteiger partial charge in [0.1, 0.15) is 0 Å². The lowest BCUT2D eigenvalue weighted by Gasteiger charge is -2.31. The highest BCUT2D eigenvalue weighted by Crippen LogP contribution is 2.20. The summed E-state index contributed by atoms with van der Waals surface area (Å²) in [5, 5.41) is 8.87. The van der Waals surface area contributed by atoms with Crippen LogP contribution in [-0.2, 0) is 9.53 Å². The molecule has 1 aromatic carbocycles. The molecule has 2 rings (SSSR count). The second-order valence-electron chi connectivity index (χ2n) is 5.01. The van der Waals surface area contributed by atoms with Crippen LogP contribution in [0, 0.1) is 17.2 Å². The molecule has 0 atom stereocenters. The van der Waals surface area contributed by atoms with E-state index in [0.29, 0.717) is 43.7 Å². The second-order valence-corrected chi connectivity index (χ2v) is 5.01. The van der Waals surface area contributed by atoms with Crippen LogP contribution in [-0.4, -0.2) is 36.5 Å². The van der Waals surface area contributed by atoms with Crippen molar-refractivity contribution in [1.29, 1.82) is 5.26 Å². The van der Waals surface area contributed by atoms with E-state index in [1.165, 1.54) is 0 Å². The van der Waals surface area contributed by atoms with Gasteiger partial charge in [-0.25, -0.2) is 0 Å². The van der Waals surface area contributed by atoms with Crippen LogP contribution in [0.5, 0.6) is 0 Å². The Morgan fingerprint density at radius 3 is 2.71 bits per heavy atom. The first kappa shape index (κ1) is 15.0. The molecule has 21 heavy (non-hydrogen) atoms. The topological polar surface area (TPSA) is 70.4 Å². The molecular weight excluding hydrogens is 268 g/mol. The third kappa shape index (κ3) is 3.60. The standard InChI is InChI=1S/C16H18N2O3/c1-2-21-16(20)13-6-8-18(9-7-13)15(19)14-5-3-4-12(10-14)11-17/h3-5,10,13H,2,6-9H2,1H3. The van der Waals surface area contributed by atoms with Gasteiger partial charge in [0, 0.05) is 18.7 Å². The van der Waals surface area contributed by atoms with Crippen LogP contribution < -0.4 is 0 Å². The Bertz CT molecular complexity index is 569. The van der Waals surface area contributed by atoms with Crippen LogP contribution in [0.2, 0.25) is 0 Å². The van der Waals surface area contributed by atoms with E-state index in [-0.39, 0.29) is 17.8 Å². The van der Waals surface area contributed by atoms with E-state index in [0.717, 1.165) is 0 Å². The third-order valence-corrected chi connectivity index (χ3v) is 3.64. The number of benzene rings is 1. The van der Waals surface area contributed by atoms with Crippen molar-refractivity contribution in [2.45, 2.75) is 19.8 Å². The molecule has 5 heteroatoms. The number of nitriles is 1. The molecule has 1 amide bonds. The smallest absolute Gasteiger partial charge is 0.309 e. The van der Waals surface area contributed by atoms with Gasteiger partial charge in [0.15, 0.2) is 0 Å². The van der Waals surface area contributed by atoms with Crippen molar-refractivity contribution < 1.29 is 14.3 Å². The molecule has 0 N–H and O–H groups in total. The molecule has 1 aliphatic heterocycles. The van der Waals surface area contributed by atoms with Gasteiger partial charge in [-0.2, -0.15) is 5.26 Å². The summed E-state index contributed by atoms with van der Waals surface area (Å²) < 4.78 is 5.01. The Morgan fingerprint density at radius 2 is 2.10 bits per heavy atom. The summed E-state index contributed by atoms with van der Waals surface area (Å²) in [6, 6.07) is 8.71. The van der Waals surface area contributed by atoms with Crippen molar-refractivity contribution in [2.75, 3.05) is 19.7 Å². The van der Waals surface area contributed by atoms with E-state index in [1.54, 1.807) is 36.1 Å². The zero-order chi connectivity index (χ0) is 15.2. The fourth-order valence-electron chi connectivity index (χ4n) is 2.48. The molecular formula is C16H18N2O3. The monoisotopic (exact) mass is 286 g/mol. The van der Waals surface area contributed by atoms with E-state index in [2.05, 4.69) is 0 Å². The molecule has 0 unspecified atom stereocenters. The van der Waals surface area contributed by atoms with Crippen molar-refractivity contribution in [3.05, 3.63) is 35.4 Å². The fourth-order valence-corrected chi connectivity index (χ4v) is 2.48. The van der Waals surface area contributed by atoms with Gasteiger partial charge in [-0.15, -0.1) is 0 Å². The molecule has 1 heterocycles. The Morgan fingerprint density at radius 1 is 1.38 bits per heavy atom. The number of carbonyl (C=O) groups is 2. The minimum atomic E-state index is -0.170. The summed E-state index contributed by atoms with van der Waals surface area (Å²) in [5.74, 6) is -0.370. The Hall–Kier alpha value is -2.35. The minimum absolute atomic E-state index is 0.0885. The minimum Gasteiger partial charge on any atom is -0.466 e. The molecule has 1 aromatic rings. The first-order valence-corrected chi connectivity index (χ1v) is 7.11. The summed E-state index contributed by atoms with van der Waals surface area (Å²) >= 11 is 0. The summed E-state index contributed by atoms with van der Waals surface area (Å²) in [6.07, 6.45) is 1.25. The van der Waals surface area contributed by atoms with Crippen LogP contribution in [0.25, 0.3) is 0 Å². The molecule has 0 aliphatic carbocycles. The quantitative estimate of drug-likeness (QED) is 0.797. The van der Waals surface area contributed by atoms with Gasteiger partial charge in [-0.1, -0.05) is 6.07 Å². The molecule has 1 fully saturated rings. The number of hydrogen-bond acceptors (Lipinski definition) is 4. The van der Waals surface area contributed by atoms with Crippen molar-refractivity contribution in [3.63, 3.8) is 0 Å². The first-order chi connectivity index (χ1) is 10.2. The van der Waals surface area contributed by atoms with E-state index < -0.39 is 0 Å². The molecule has 1 saturated heterocycles. The highest BCUT2D eigenvalue weighted by atomic mass is 16.5. The van der Waals surface area contributed by atoms with Crippen LogP contribution >= 0.6 is 0 Å². The number of piperidine rings is 1. The van der Waals surface area contributed by atoms with Gasteiger partial charge in [0.05, 0.1) is 24.2 Å². The highest BCUT2D eigenvalue weighted by molar-refractivity contribution is 5.94. The summed E-state index contributed by atoms with van der Waals surface area (Å²) in [5.41, 5.74) is 0.992. The van der Waals surface area contributed by atoms with Gasteiger partial charge < -0.3 is 9.64 Å². The van der Waals surface area contributed by atoms with E-state index in [1.807, 2.05) is 6.07 Å². The highest BCUT2D eigenvalue weighted by Gasteiger charge is 2.28. The maximum atomic E-state index is 12.4. The number of esters is 1. The lowest BCUT2D eigenvalue weighted by atomic mass is 9.96. The van der Waals surface area contributed by atoms with Crippen LogP contribution in [0.1, 0.15) is 35.7 Å². The number of carbonyl (C=O) groups excluding carboxylic acids is 2. The lowest BCUT2D eigenvalue weighted by Crippen LogP contribution is -2.40. The molecule has 0 bridgehead atoms. The lowest BCUT2D eigenvalue weighted by molar-refractivity contribution is -0.149. The predicted molar refractivity (Wildman–Crippen MR) is 76.4 cm³/mol. The Kier molecular flexibility index (Phi) is 4.94.